The second kappa shape index (κ2) is 18.9. The van der Waals surface area contributed by atoms with Crippen LogP contribution in [0.2, 0.25) is 0 Å². The van der Waals surface area contributed by atoms with Crippen LogP contribution in [0.3, 0.4) is 0 Å². The van der Waals surface area contributed by atoms with Gasteiger partial charge in [-0.3, -0.25) is 49.2 Å². The van der Waals surface area contributed by atoms with Gasteiger partial charge in [-0.25, -0.2) is 0 Å². The minimum Gasteiger partial charge on any atom is -0.347 e. The van der Waals surface area contributed by atoms with Crippen molar-refractivity contribution in [3.05, 3.63) is 88.8 Å². The van der Waals surface area contributed by atoms with E-state index in [2.05, 4.69) is 50.8 Å². The van der Waals surface area contributed by atoms with Crippen LogP contribution >= 0.6 is 0 Å². The highest BCUT2D eigenvalue weighted by atomic mass is 16.2. The summed E-state index contributed by atoms with van der Waals surface area (Å²) in [5, 5.41) is 8.79. The van der Waals surface area contributed by atoms with Crippen LogP contribution in [0.15, 0.2) is 70.0 Å². The maximum Gasteiger partial charge on any atom is 0.253 e. The van der Waals surface area contributed by atoms with Crippen molar-refractivity contribution in [2.75, 3.05) is 39.3 Å². The van der Waals surface area contributed by atoms with Gasteiger partial charge >= 0.3 is 0 Å². The van der Waals surface area contributed by atoms with E-state index in [-0.39, 0.29) is 34.3 Å². The van der Waals surface area contributed by atoms with Crippen molar-refractivity contribution in [3.8, 4) is 0 Å². The van der Waals surface area contributed by atoms with E-state index in [0.717, 1.165) is 0 Å². The lowest BCUT2D eigenvalue weighted by Crippen LogP contribution is -2.40. The van der Waals surface area contributed by atoms with Gasteiger partial charge in [-0.15, -0.1) is 0 Å². The number of pyridine rings is 3. The Labute approximate surface area is 308 Å². The summed E-state index contributed by atoms with van der Waals surface area (Å²) in [6.07, 6.45) is 9.76. The number of aromatic nitrogens is 3. The molecule has 3 aromatic heterocycles. The van der Waals surface area contributed by atoms with Gasteiger partial charge in [0.15, 0.2) is 0 Å². The quantitative estimate of drug-likeness (QED) is 0.197. The van der Waals surface area contributed by atoms with Crippen molar-refractivity contribution in [2.45, 2.75) is 78.9 Å². The molecule has 0 aliphatic carbocycles. The highest BCUT2D eigenvalue weighted by Crippen LogP contribution is 2.07. The lowest BCUT2D eigenvalue weighted by Gasteiger charge is -2.20. The molecule has 3 rings (SSSR count). The number of carbonyl (C=O) groups is 3. The van der Waals surface area contributed by atoms with Crippen molar-refractivity contribution >= 4 is 36.4 Å². The number of carbonyl (C=O) groups excluding carboxylic acids is 3. The summed E-state index contributed by atoms with van der Waals surface area (Å²) in [7, 11) is 0. The molecule has 278 valence electrons. The summed E-state index contributed by atoms with van der Waals surface area (Å²) in [5.41, 5.74) is 2.48. The van der Waals surface area contributed by atoms with Crippen molar-refractivity contribution in [3.63, 3.8) is 0 Å². The van der Waals surface area contributed by atoms with E-state index in [1.54, 1.807) is 73.6 Å². The summed E-state index contributed by atoms with van der Waals surface area (Å²) < 4.78 is 0. The molecule has 3 aromatic rings. The average molecular weight is 711 g/mol. The van der Waals surface area contributed by atoms with E-state index in [9.17, 15) is 14.4 Å². The number of hydrogen-bond donors (Lipinski definition) is 3. The summed E-state index contributed by atoms with van der Waals surface area (Å²) in [4.78, 5) is 66.2. The van der Waals surface area contributed by atoms with Crippen LogP contribution in [-0.4, -0.2) is 112 Å². The van der Waals surface area contributed by atoms with Gasteiger partial charge in [-0.05, 0) is 98.7 Å². The number of rotatable bonds is 15. The minimum atomic E-state index is -0.332. The number of nitrogens with one attached hydrogen (secondary N) is 3. The van der Waals surface area contributed by atoms with Gasteiger partial charge < -0.3 is 16.0 Å². The van der Waals surface area contributed by atoms with Crippen molar-refractivity contribution in [1.29, 1.82) is 0 Å². The van der Waals surface area contributed by atoms with E-state index in [0.29, 0.717) is 73.0 Å². The fourth-order valence-corrected chi connectivity index (χ4v) is 4.49. The maximum atomic E-state index is 12.4. The van der Waals surface area contributed by atoms with Crippen molar-refractivity contribution < 1.29 is 14.4 Å². The molecule has 0 saturated heterocycles. The molecule has 0 radical (unpaired) electrons. The van der Waals surface area contributed by atoms with Crippen LogP contribution in [0, 0.1) is 0 Å². The molecular formula is C39H54N10O3. The molecule has 0 fully saturated rings. The Balaban J connectivity index is 1.58. The van der Waals surface area contributed by atoms with E-state index in [4.69, 9.17) is 0 Å². The zero-order valence-electron chi connectivity index (χ0n) is 32.0. The van der Waals surface area contributed by atoms with Crippen LogP contribution < -0.4 is 16.0 Å². The van der Waals surface area contributed by atoms with Crippen LogP contribution in [0.5, 0.6) is 0 Å². The first-order valence-corrected chi connectivity index (χ1v) is 17.4. The fraction of sp³-hybridized carbons (Fsp3) is 0.462. The van der Waals surface area contributed by atoms with Gasteiger partial charge in [0, 0.05) is 73.5 Å². The van der Waals surface area contributed by atoms with Gasteiger partial charge in [0.05, 0.1) is 53.4 Å². The van der Waals surface area contributed by atoms with Crippen LogP contribution in [0.4, 0.5) is 0 Å². The Morgan fingerprint density at radius 2 is 0.788 bits per heavy atom. The average Bonchev–Trinajstić information content (AvgIpc) is 3.05. The van der Waals surface area contributed by atoms with Gasteiger partial charge in [-0.2, -0.15) is 0 Å². The molecule has 52 heavy (non-hydrogen) atoms. The molecule has 13 nitrogen and oxygen atoms in total. The Bertz CT molecular complexity index is 1490. The fourth-order valence-electron chi connectivity index (χ4n) is 4.49. The molecule has 0 aliphatic rings. The molecule has 0 saturated carbocycles. The van der Waals surface area contributed by atoms with Crippen molar-refractivity contribution in [1.82, 2.24) is 35.8 Å². The summed E-state index contributed by atoms with van der Waals surface area (Å²) in [6.45, 7) is 21.0. The highest BCUT2D eigenvalue weighted by Gasteiger charge is 2.17. The Hall–Kier alpha value is -5.17. The molecule has 3 N–H and O–H groups in total. The first-order valence-electron chi connectivity index (χ1n) is 17.4. The molecule has 0 atom stereocenters. The number of hydrogen-bond acceptors (Lipinski definition) is 10. The van der Waals surface area contributed by atoms with Crippen LogP contribution in [0.25, 0.3) is 0 Å². The van der Waals surface area contributed by atoms with Gasteiger partial charge in [0.1, 0.15) is 0 Å². The lowest BCUT2D eigenvalue weighted by atomic mass is 10.1. The molecule has 13 heteroatoms. The smallest absolute Gasteiger partial charge is 0.253 e. The molecule has 0 aliphatic heterocycles. The van der Waals surface area contributed by atoms with Gasteiger partial charge in [0.25, 0.3) is 17.7 Å². The zero-order valence-corrected chi connectivity index (χ0v) is 32.0. The monoisotopic (exact) mass is 710 g/mol. The van der Waals surface area contributed by atoms with Crippen LogP contribution in [-0.2, 0) is 0 Å². The van der Waals surface area contributed by atoms with Crippen LogP contribution in [0.1, 0.15) is 110 Å². The van der Waals surface area contributed by atoms with E-state index < -0.39 is 0 Å². The van der Waals surface area contributed by atoms with E-state index in [1.165, 1.54) is 0 Å². The number of amides is 3. The first kappa shape index (κ1) is 41.3. The van der Waals surface area contributed by atoms with E-state index >= 15 is 0 Å². The molecular weight excluding hydrogens is 656 g/mol. The summed E-state index contributed by atoms with van der Waals surface area (Å²) in [5.74, 6) is -0.508. The SMILES string of the molecule is CC(C)(C)NC(=O)c1ccc(C=NCCN(CCN=Cc2ccc(C(=O)NC(C)(C)C)cn2)CCN=Cc2ccc(C(=O)NC(C)(C)C)cn2)nc1. The van der Waals surface area contributed by atoms with E-state index in [1.807, 2.05) is 62.3 Å². The topological polar surface area (TPSA) is 166 Å². The normalized spacial score (nSPS) is 12.6. The standard InChI is InChI=1S/C39H54N10O3/c1-37(2,3)46-34(50)28-10-13-31(43-22-28)25-40-16-19-49(20-17-41-26-32-14-11-29(23-44-32)35(51)47-38(4,5)6)21-18-42-27-33-15-12-30(24-45-33)36(52)48-39(7,8)9/h10-15,22-27H,16-21H2,1-9H3,(H,46,50)(H,47,51)(H,48,52). The molecule has 3 amide bonds. The zero-order chi connectivity index (χ0) is 38.4. The lowest BCUT2D eigenvalue weighted by molar-refractivity contribution is 0.0909. The Morgan fingerprint density at radius 1 is 0.519 bits per heavy atom. The molecule has 0 bridgehead atoms. The summed E-state index contributed by atoms with van der Waals surface area (Å²) >= 11 is 0. The predicted molar refractivity (Wildman–Crippen MR) is 208 cm³/mol. The summed E-state index contributed by atoms with van der Waals surface area (Å²) in [6, 6.07) is 10.5. The van der Waals surface area contributed by atoms with Gasteiger partial charge in [-0.1, -0.05) is 0 Å². The number of aliphatic imine (C=N–C) groups is 3. The molecule has 0 unspecified atom stereocenters. The Kier molecular flexibility index (Phi) is 15.0. The van der Waals surface area contributed by atoms with Crippen molar-refractivity contribution in [2.24, 2.45) is 15.0 Å². The maximum absolute atomic E-state index is 12.4. The second-order valence-corrected chi connectivity index (χ2v) is 15.5. The third-order valence-corrected chi connectivity index (χ3v) is 6.92. The van der Waals surface area contributed by atoms with Gasteiger partial charge in [0.2, 0.25) is 0 Å². The minimum absolute atomic E-state index is 0.169. The largest absolute Gasteiger partial charge is 0.347 e. The molecule has 0 aromatic carbocycles. The molecule has 0 spiro atoms. The third kappa shape index (κ3) is 16.2. The molecule has 3 heterocycles. The Morgan fingerprint density at radius 3 is 1.00 bits per heavy atom. The predicted octanol–water partition coefficient (Wildman–Crippen LogP) is 4.42. The highest BCUT2D eigenvalue weighted by molar-refractivity contribution is 5.96. The first-order chi connectivity index (χ1) is 24.4. The second-order valence-electron chi connectivity index (χ2n) is 15.5. The third-order valence-electron chi connectivity index (χ3n) is 6.92. The number of nitrogens with zero attached hydrogens (tertiary/aromatic N) is 7.